The molecule has 0 unspecified atom stereocenters. The molecule has 13 heteroatoms. The lowest BCUT2D eigenvalue weighted by molar-refractivity contribution is -0.137. The van der Waals surface area contributed by atoms with Crippen LogP contribution in [-0.4, -0.2) is 43.1 Å². The Morgan fingerprint density at radius 2 is 1.93 bits per heavy atom. The lowest BCUT2D eigenvalue weighted by atomic mass is 10.2. The Morgan fingerprint density at radius 3 is 2.57 bits per heavy atom. The number of hydrogen-bond donors (Lipinski definition) is 2. The van der Waals surface area contributed by atoms with Crippen molar-refractivity contribution in [3.8, 4) is 5.75 Å². The van der Waals surface area contributed by atoms with E-state index in [1.165, 1.54) is 32.4 Å². The SMILES string of the molecule is CNS(=O)(=O)c1cc(C(=O)NCc2nnc3ccc(C(F)(F)F)cn23)ccc1OC. The molecule has 0 radical (unpaired) electrons. The zero-order chi connectivity index (χ0) is 22.1. The van der Waals surface area contributed by atoms with Crippen molar-refractivity contribution in [3.05, 3.63) is 53.5 Å². The van der Waals surface area contributed by atoms with Crippen molar-refractivity contribution in [2.45, 2.75) is 17.6 Å². The third kappa shape index (κ3) is 4.21. The zero-order valence-electron chi connectivity index (χ0n) is 15.7. The number of fused-ring (bicyclic) bond motifs is 1. The molecule has 3 rings (SSSR count). The summed E-state index contributed by atoms with van der Waals surface area (Å²) >= 11 is 0. The summed E-state index contributed by atoms with van der Waals surface area (Å²) < 4.78 is 71.3. The molecule has 9 nitrogen and oxygen atoms in total. The number of alkyl halides is 3. The molecule has 0 atom stereocenters. The Hall–Kier alpha value is -3.19. The fourth-order valence-electron chi connectivity index (χ4n) is 2.63. The van der Waals surface area contributed by atoms with Crippen LogP contribution in [0.4, 0.5) is 13.2 Å². The Balaban J connectivity index is 1.85. The minimum Gasteiger partial charge on any atom is -0.495 e. The van der Waals surface area contributed by atoms with E-state index in [0.29, 0.717) is 0 Å². The fraction of sp³-hybridized carbons (Fsp3) is 0.235. The van der Waals surface area contributed by atoms with Gasteiger partial charge >= 0.3 is 6.18 Å². The van der Waals surface area contributed by atoms with Crippen molar-refractivity contribution >= 4 is 21.6 Å². The van der Waals surface area contributed by atoms with Gasteiger partial charge in [-0.1, -0.05) is 0 Å². The van der Waals surface area contributed by atoms with E-state index in [0.717, 1.165) is 22.7 Å². The number of rotatable bonds is 6. The van der Waals surface area contributed by atoms with Crippen molar-refractivity contribution in [1.29, 1.82) is 0 Å². The molecule has 0 aliphatic rings. The maximum Gasteiger partial charge on any atom is 0.417 e. The molecule has 0 aliphatic carbocycles. The van der Waals surface area contributed by atoms with Gasteiger partial charge in [0.25, 0.3) is 5.91 Å². The highest BCUT2D eigenvalue weighted by molar-refractivity contribution is 7.89. The maximum absolute atomic E-state index is 12.9. The Labute approximate surface area is 168 Å². The summed E-state index contributed by atoms with van der Waals surface area (Å²) in [5.74, 6) is -0.543. The maximum atomic E-state index is 12.9. The van der Waals surface area contributed by atoms with E-state index < -0.39 is 27.7 Å². The second-order valence-corrected chi connectivity index (χ2v) is 7.87. The number of aromatic nitrogens is 3. The smallest absolute Gasteiger partial charge is 0.417 e. The first-order valence-corrected chi connectivity index (χ1v) is 9.86. The number of halogens is 3. The largest absolute Gasteiger partial charge is 0.495 e. The molecule has 0 saturated heterocycles. The van der Waals surface area contributed by atoms with Crippen LogP contribution in [0.1, 0.15) is 21.7 Å². The summed E-state index contributed by atoms with van der Waals surface area (Å²) in [6.45, 7) is -0.235. The molecule has 160 valence electrons. The molecule has 0 bridgehead atoms. The number of methoxy groups -OCH3 is 1. The number of pyridine rings is 1. The van der Waals surface area contributed by atoms with Gasteiger partial charge in [-0.2, -0.15) is 13.2 Å². The van der Waals surface area contributed by atoms with Gasteiger partial charge < -0.3 is 10.1 Å². The molecule has 3 aromatic rings. The second kappa shape index (κ2) is 7.91. The predicted molar refractivity (Wildman–Crippen MR) is 98.4 cm³/mol. The fourth-order valence-corrected chi connectivity index (χ4v) is 3.54. The molecule has 0 saturated carbocycles. The Kier molecular flexibility index (Phi) is 5.67. The molecular formula is C17H16F3N5O4S. The van der Waals surface area contributed by atoms with Crippen molar-refractivity contribution < 1.29 is 31.1 Å². The normalized spacial score (nSPS) is 12.2. The van der Waals surface area contributed by atoms with E-state index in [-0.39, 0.29) is 34.2 Å². The van der Waals surface area contributed by atoms with Crippen molar-refractivity contribution in [1.82, 2.24) is 24.6 Å². The van der Waals surface area contributed by atoms with Crippen LogP contribution in [0.3, 0.4) is 0 Å². The summed E-state index contributed by atoms with van der Waals surface area (Å²) in [4.78, 5) is 12.2. The zero-order valence-corrected chi connectivity index (χ0v) is 16.5. The molecule has 2 aromatic heterocycles. The number of nitrogens with zero attached hydrogens (tertiary/aromatic N) is 3. The van der Waals surface area contributed by atoms with Crippen LogP contribution in [0.25, 0.3) is 5.65 Å². The van der Waals surface area contributed by atoms with E-state index in [9.17, 15) is 26.4 Å². The first-order valence-electron chi connectivity index (χ1n) is 8.37. The first-order chi connectivity index (χ1) is 14.1. The average molecular weight is 443 g/mol. The standard InChI is InChI=1S/C17H16F3N5O4S/c1-21-30(27,28)13-7-10(3-5-12(13)29-2)16(26)22-8-15-24-23-14-6-4-11(9-25(14)15)17(18,19)20/h3-7,9,21H,8H2,1-2H3,(H,22,26). The minimum absolute atomic E-state index is 0.00873. The summed E-state index contributed by atoms with van der Waals surface area (Å²) in [5.41, 5.74) is -0.701. The van der Waals surface area contributed by atoms with Crippen molar-refractivity contribution in [3.63, 3.8) is 0 Å². The van der Waals surface area contributed by atoms with Crippen molar-refractivity contribution in [2.75, 3.05) is 14.2 Å². The van der Waals surface area contributed by atoms with Gasteiger partial charge in [-0.25, -0.2) is 13.1 Å². The predicted octanol–water partition coefficient (Wildman–Crippen LogP) is 1.59. The van der Waals surface area contributed by atoms with Crippen LogP contribution in [0.2, 0.25) is 0 Å². The molecule has 0 aliphatic heterocycles. The van der Waals surface area contributed by atoms with Crippen LogP contribution in [0.15, 0.2) is 41.4 Å². The average Bonchev–Trinajstić information content (AvgIpc) is 3.13. The number of benzene rings is 1. The summed E-state index contributed by atoms with van der Waals surface area (Å²) in [6.07, 6.45) is -3.71. The second-order valence-electron chi connectivity index (χ2n) is 6.02. The highest BCUT2D eigenvalue weighted by Gasteiger charge is 2.31. The molecular weight excluding hydrogens is 427 g/mol. The van der Waals surface area contributed by atoms with E-state index >= 15 is 0 Å². The van der Waals surface area contributed by atoms with Crippen molar-refractivity contribution in [2.24, 2.45) is 0 Å². The number of amides is 1. The van der Waals surface area contributed by atoms with Gasteiger partial charge in [0.15, 0.2) is 11.5 Å². The molecule has 0 spiro atoms. The number of nitrogens with one attached hydrogen (secondary N) is 2. The number of carbonyl (C=O) groups excluding carboxylic acids is 1. The Bertz CT molecular complexity index is 1210. The van der Waals surface area contributed by atoms with E-state index in [4.69, 9.17) is 4.74 Å². The number of ether oxygens (including phenoxy) is 1. The van der Waals surface area contributed by atoms with Gasteiger partial charge in [-0.05, 0) is 37.4 Å². The first kappa shape index (κ1) is 21.5. The molecule has 2 N–H and O–H groups in total. The van der Waals surface area contributed by atoms with Gasteiger partial charge in [0, 0.05) is 11.8 Å². The monoisotopic (exact) mass is 443 g/mol. The van der Waals surface area contributed by atoms with Gasteiger partial charge in [0.05, 0.1) is 19.2 Å². The third-order valence-corrected chi connectivity index (χ3v) is 5.63. The number of sulfonamides is 1. The molecule has 1 aromatic carbocycles. The van der Waals surface area contributed by atoms with E-state index in [1.807, 2.05) is 0 Å². The highest BCUT2D eigenvalue weighted by atomic mass is 32.2. The molecule has 2 heterocycles. The van der Waals surface area contributed by atoms with E-state index in [2.05, 4.69) is 20.2 Å². The topological polar surface area (TPSA) is 115 Å². The van der Waals surface area contributed by atoms with Crippen LogP contribution in [0.5, 0.6) is 5.75 Å². The highest BCUT2D eigenvalue weighted by Crippen LogP contribution is 2.29. The quantitative estimate of drug-likeness (QED) is 0.598. The van der Waals surface area contributed by atoms with Gasteiger partial charge in [-0.15, -0.1) is 10.2 Å². The third-order valence-electron chi connectivity index (χ3n) is 4.19. The van der Waals surface area contributed by atoms with Crippen LogP contribution < -0.4 is 14.8 Å². The molecule has 1 amide bonds. The van der Waals surface area contributed by atoms with Gasteiger partial charge in [0.2, 0.25) is 10.0 Å². The molecule has 30 heavy (non-hydrogen) atoms. The van der Waals surface area contributed by atoms with Crippen LogP contribution >= 0.6 is 0 Å². The summed E-state index contributed by atoms with van der Waals surface area (Å²) in [5, 5.41) is 10.0. The minimum atomic E-state index is -4.54. The molecule has 0 fully saturated rings. The van der Waals surface area contributed by atoms with Gasteiger partial charge in [-0.3, -0.25) is 9.20 Å². The van der Waals surface area contributed by atoms with E-state index in [1.54, 1.807) is 0 Å². The lowest BCUT2D eigenvalue weighted by Gasteiger charge is -2.11. The summed E-state index contributed by atoms with van der Waals surface area (Å²) in [7, 11) is -1.39. The van der Waals surface area contributed by atoms with Gasteiger partial charge in [0.1, 0.15) is 10.6 Å². The van der Waals surface area contributed by atoms with Crippen LogP contribution in [0, 0.1) is 0 Å². The lowest BCUT2D eigenvalue weighted by Crippen LogP contribution is -2.25. The van der Waals surface area contributed by atoms with Crippen LogP contribution in [-0.2, 0) is 22.7 Å². The number of carbonyl (C=O) groups is 1. The summed E-state index contributed by atoms with van der Waals surface area (Å²) in [6, 6.07) is 5.85. The Morgan fingerprint density at radius 1 is 1.20 bits per heavy atom. The number of hydrogen-bond acceptors (Lipinski definition) is 6.